The Morgan fingerprint density at radius 2 is 2.18 bits per heavy atom. The van der Waals surface area contributed by atoms with Gasteiger partial charge in [0.2, 0.25) is 0 Å². The van der Waals surface area contributed by atoms with E-state index in [-0.39, 0.29) is 24.7 Å². The lowest BCUT2D eigenvalue weighted by atomic mass is 10.3. The Hall–Kier alpha value is -2.11. The van der Waals surface area contributed by atoms with Crippen molar-refractivity contribution in [2.24, 2.45) is 0 Å². The highest BCUT2D eigenvalue weighted by Crippen LogP contribution is 2.03. The lowest BCUT2D eigenvalue weighted by Crippen LogP contribution is -2.10. The Morgan fingerprint density at radius 3 is 2.76 bits per heavy atom. The van der Waals surface area contributed by atoms with Crippen LogP contribution in [0.4, 0.5) is 5.69 Å². The number of methoxy groups -OCH3 is 1. The van der Waals surface area contributed by atoms with E-state index in [1.165, 1.54) is 19.4 Å². The van der Waals surface area contributed by atoms with Gasteiger partial charge in [-0.15, -0.1) is 0 Å². The Kier molecular flexibility index (Phi) is 4.93. The molecule has 2 N–H and O–H groups in total. The van der Waals surface area contributed by atoms with Crippen LogP contribution in [-0.4, -0.2) is 30.6 Å². The number of nitrogen functional groups attached to an aromatic ring is 1. The number of aromatic nitrogens is 1. The molecule has 1 heterocycles. The third kappa shape index (κ3) is 4.50. The minimum absolute atomic E-state index is 0.153. The van der Waals surface area contributed by atoms with Crippen molar-refractivity contribution in [2.45, 2.75) is 12.8 Å². The first-order valence-corrected chi connectivity index (χ1v) is 5.09. The molecule has 0 radical (unpaired) electrons. The summed E-state index contributed by atoms with van der Waals surface area (Å²) in [5, 5.41) is 0. The van der Waals surface area contributed by atoms with E-state index in [1.807, 2.05) is 0 Å². The van der Waals surface area contributed by atoms with Gasteiger partial charge >= 0.3 is 11.9 Å². The van der Waals surface area contributed by atoms with E-state index in [1.54, 1.807) is 6.07 Å². The Labute approximate surface area is 98.7 Å². The lowest BCUT2D eigenvalue weighted by Gasteiger charge is -2.03. The van der Waals surface area contributed by atoms with Gasteiger partial charge in [0.25, 0.3) is 0 Å². The zero-order valence-electron chi connectivity index (χ0n) is 9.51. The number of pyridine rings is 1. The molecular weight excluding hydrogens is 224 g/mol. The largest absolute Gasteiger partial charge is 0.469 e. The quantitative estimate of drug-likeness (QED) is 0.601. The zero-order valence-corrected chi connectivity index (χ0v) is 9.51. The van der Waals surface area contributed by atoms with Crippen molar-refractivity contribution in [1.29, 1.82) is 0 Å². The van der Waals surface area contributed by atoms with Crippen LogP contribution in [-0.2, 0) is 14.3 Å². The molecular formula is C11H14N2O4. The third-order valence-electron chi connectivity index (χ3n) is 1.98. The first kappa shape index (κ1) is 13.0. The lowest BCUT2D eigenvalue weighted by molar-refractivity contribution is -0.140. The standard InChI is InChI=1S/C11H14N2O4/c1-16-10(14)3-2-6-17-11(15)9-5-4-8(12)7-13-9/h4-5,7H,2-3,6,12H2,1H3. The summed E-state index contributed by atoms with van der Waals surface area (Å²) in [7, 11) is 1.31. The molecule has 0 fully saturated rings. The number of carbonyl (C=O) groups excluding carboxylic acids is 2. The summed E-state index contributed by atoms with van der Waals surface area (Å²) in [6.07, 6.45) is 2.03. The molecule has 0 bridgehead atoms. The maximum Gasteiger partial charge on any atom is 0.356 e. The Bertz CT molecular complexity index is 389. The molecule has 1 aromatic rings. The van der Waals surface area contributed by atoms with E-state index in [0.29, 0.717) is 12.1 Å². The van der Waals surface area contributed by atoms with Gasteiger partial charge in [-0.1, -0.05) is 0 Å². The third-order valence-corrected chi connectivity index (χ3v) is 1.98. The molecule has 0 saturated heterocycles. The number of rotatable bonds is 5. The number of hydrogen-bond donors (Lipinski definition) is 1. The number of esters is 2. The maximum absolute atomic E-state index is 11.4. The summed E-state index contributed by atoms with van der Waals surface area (Å²) in [5.74, 6) is -0.860. The van der Waals surface area contributed by atoms with E-state index < -0.39 is 5.97 Å². The minimum Gasteiger partial charge on any atom is -0.469 e. The Balaban J connectivity index is 2.30. The van der Waals surface area contributed by atoms with Crippen LogP contribution in [0.5, 0.6) is 0 Å². The highest BCUT2D eigenvalue weighted by Gasteiger charge is 2.08. The number of hydrogen-bond acceptors (Lipinski definition) is 6. The fourth-order valence-electron chi connectivity index (χ4n) is 1.08. The van der Waals surface area contributed by atoms with Crippen molar-refractivity contribution in [1.82, 2.24) is 4.98 Å². The van der Waals surface area contributed by atoms with E-state index in [0.717, 1.165) is 0 Å². The topological polar surface area (TPSA) is 91.5 Å². The van der Waals surface area contributed by atoms with Crippen LogP contribution in [0.3, 0.4) is 0 Å². The second-order valence-corrected chi connectivity index (χ2v) is 3.29. The fraction of sp³-hybridized carbons (Fsp3) is 0.364. The average molecular weight is 238 g/mol. The number of nitrogens with two attached hydrogens (primary N) is 1. The number of anilines is 1. The van der Waals surface area contributed by atoms with Gasteiger partial charge in [0.05, 0.1) is 25.6 Å². The van der Waals surface area contributed by atoms with Crippen molar-refractivity contribution in [3.63, 3.8) is 0 Å². The highest BCUT2D eigenvalue weighted by atomic mass is 16.5. The molecule has 0 saturated carbocycles. The number of nitrogens with zero attached hydrogens (tertiary/aromatic N) is 1. The molecule has 0 unspecified atom stereocenters. The van der Waals surface area contributed by atoms with Gasteiger partial charge in [-0.25, -0.2) is 9.78 Å². The van der Waals surface area contributed by atoms with Crippen LogP contribution in [0.1, 0.15) is 23.3 Å². The van der Waals surface area contributed by atoms with Gasteiger partial charge in [-0.3, -0.25) is 4.79 Å². The van der Waals surface area contributed by atoms with Gasteiger partial charge in [0, 0.05) is 6.42 Å². The van der Waals surface area contributed by atoms with Crippen molar-refractivity contribution < 1.29 is 19.1 Å². The molecule has 92 valence electrons. The smallest absolute Gasteiger partial charge is 0.356 e. The molecule has 17 heavy (non-hydrogen) atoms. The minimum atomic E-state index is -0.533. The van der Waals surface area contributed by atoms with Gasteiger partial charge in [-0.05, 0) is 18.6 Å². The Morgan fingerprint density at radius 1 is 1.41 bits per heavy atom. The first-order valence-electron chi connectivity index (χ1n) is 5.09. The van der Waals surface area contributed by atoms with E-state index in [9.17, 15) is 9.59 Å². The molecule has 6 nitrogen and oxygen atoms in total. The van der Waals surface area contributed by atoms with Gasteiger partial charge in [-0.2, -0.15) is 0 Å². The van der Waals surface area contributed by atoms with Crippen LogP contribution in [0.25, 0.3) is 0 Å². The molecule has 0 spiro atoms. The van der Waals surface area contributed by atoms with Crippen molar-refractivity contribution >= 4 is 17.6 Å². The monoisotopic (exact) mass is 238 g/mol. The van der Waals surface area contributed by atoms with Gasteiger partial charge in [0.15, 0.2) is 0 Å². The number of ether oxygens (including phenoxy) is 2. The predicted octanol–water partition coefficient (Wildman–Crippen LogP) is 0.774. The van der Waals surface area contributed by atoms with Crippen LogP contribution in [0, 0.1) is 0 Å². The summed E-state index contributed by atoms with van der Waals surface area (Å²) in [5.41, 5.74) is 6.10. The normalized spacial score (nSPS) is 9.71. The molecule has 0 aliphatic heterocycles. The molecule has 1 aromatic heterocycles. The molecule has 0 atom stereocenters. The van der Waals surface area contributed by atoms with Crippen LogP contribution in [0.2, 0.25) is 0 Å². The average Bonchev–Trinajstić information content (AvgIpc) is 2.34. The second-order valence-electron chi connectivity index (χ2n) is 3.29. The molecule has 0 amide bonds. The summed E-state index contributed by atoms with van der Waals surface area (Å²) in [4.78, 5) is 26.0. The summed E-state index contributed by atoms with van der Waals surface area (Å²) in [6, 6.07) is 3.05. The molecule has 6 heteroatoms. The predicted molar refractivity (Wildman–Crippen MR) is 60.2 cm³/mol. The summed E-state index contributed by atoms with van der Waals surface area (Å²) < 4.78 is 9.36. The van der Waals surface area contributed by atoms with Crippen molar-refractivity contribution in [3.05, 3.63) is 24.0 Å². The summed E-state index contributed by atoms with van der Waals surface area (Å²) >= 11 is 0. The molecule has 0 aliphatic rings. The maximum atomic E-state index is 11.4. The summed E-state index contributed by atoms with van der Waals surface area (Å²) in [6.45, 7) is 0.153. The fourth-order valence-corrected chi connectivity index (χ4v) is 1.08. The van der Waals surface area contributed by atoms with Gasteiger partial charge < -0.3 is 15.2 Å². The molecule has 1 rings (SSSR count). The molecule has 0 aliphatic carbocycles. The molecule has 0 aromatic carbocycles. The highest BCUT2D eigenvalue weighted by molar-refractivity contribution is 5.87. The van der Waals surface area contributed by atoms with Crippen LogP contribution >= 0.6 is 0 Å². The van der Waals surface area contributed by atoms with Crippen LogP contribution < -0.4 is 5.73 Å². The first-order chi connectivity index (χ1) is 8.13. The van der Waals surface area contributed by atoms with Crippen molar-refractivity contribution in [2.75, 3.05) is 19.5 Å². The van der Waals surface area contributed by atoms with Crippen LogP contribution in [0.15, 0.2) is 18.3 Å². The SMILES string of the molecule is COC(=O)CCCOC(=O)c1ccc(N)cn1. The number of carbonyl (C=O) groups is 2. The van der Waals surface area contributed by atoms with E-state index in [2.05, 4.69) is 9.72 Å². The van der Waals surface area contributed by atoms with E-state index in [4.69, 9.17) is 10.5 Å². The van der Waals surface area contributed by atoms with Crippen molar-refractivity contribution in [3.8, 4) is 0 Å². The van der Waals surface area contributed by atoms with Gasteiger partial charge in [0.1, 0.15) is 5.69 Å². The van der Waals surface area contributed by atoms with E-state index >= 15 is 0 Å². The second kappa shape index (κ2) is 6.47. The zero-order chi connectivity index (χ0) is 12.7.